The molecule has 0 saturated heterocycles. The molecule has 1 aromatic rings. The third kappa shape index (κ3) is 3.71. The SMILES string of the molecule is C=CCCC([Se]c1ccccc1)(C(=O)OC)C(=O)OC. The van der Waals surface area contributed by atoms with Gasteiger partial charge in [0.05, 0.1) is 0 Å². The Hall–Kier alpha value is -1.58. The minimum absolute atomic E-state index is 0.338. The second kappa shape index (κ2) is 7.88. The maximum atomic E-state index is 12.2. The van der Waals surface area contributed by atoms with Crippen molar-refractivity contribution >= 4 is 31.4 Å². The monoisotopic (exact) mass is 342 g/mol. The van der Waals surface area contributed by atoms with Gasteiger partial charge >= 0.3 is 125 Å². The van der Waals surface area contributed by atoms with Crippen LogP contribution in [0.2, 0.25) is 4.31 Å². The van der Waals surface area contributed by atoms with Crippen LogP contribution in [-0.2, 0) is 19.1 Å². The van der Waals surface area contributed by atoms with Crippen LogP contribution in [0.4, 0.5) is 0 Å². The van der Waals surface area contributed by atoms with Gasteiger partial charge in [0.25, 0.3) is 0 Å². The fraction of sp³-hybridized carbons (Fsp3) is 0.333. The first-order chi connectivity index (χ1) is 9.60. The van der Waals surface area contributed by atoms with Crippen LogP contribution < -0.4 is 4.46 Å². The topological polar surface area (TPSA) is 52.6 Å². The van der Waals surface area contributed by atoms with E-state index in [0.717, 1.165) is 4.46 Å². The van der Waals surface area contributed by atoms with Crippen LogP contribution in [0, 0.1) is 0 Å². The van der Waals surface area contributed by atoms with Crippen LogP contribution in [0.1, 0.15) is 12.8 Å². The standard InChI is InChI=1S/C15H18O4Se/c1-4-5-11-15(13(16)18-2,14(17)19-3)20-12-9-7-6-8-10-12/h4,6-10H,1,5,11H2,2-3H3. The Morgan fingerprint density at radius 2 is 1.75 bits per heavy atom. The third-order valence-electron chi connectivity index (χ3n) is 2.77. The number of carbonyl (C=O) groups excluding carboxylic acids is 2. The normalized spacial score (nSPS) is 10.7. The minimum atomic E-state index is -1.26. The summed E-state index contributed by atoms with van der Waals surface area (Å²) in [5.74, 6) is -1.09. The van der Waals surface area contributed by atoms with Gasteiger partial charge in [0.15, 0.2) is 0 Å². The van der Waals surface area contributed by atoms with Crippen molar-refractivity contribution in [3.63, 3.8) is 0 Å². The molecule has 0 bridgehead atoms. The summed E-state index contributed by atoms with van der Waals surface area (Å²) in [5, 5.41) is 0. The van der Waals surface area contributed by atoms with Gasteiger partial charge in [0.2, 0.25) is 0 Å². The van der Waals surface area contributed by atoms with E-state index < -0.39 is 31.2 Å². The molecule has 0 amide bonds. The summed E-state index contributed by atoms with van der Waals surface area (Å²) >= 11 is -0.419. The fourth-order valence-corrected chi connectivity index (χ4v) is 4.37. The Morgan fingerprint density at radius 1 is 1.20 bits per heavy atom. The molecule has 108 valence electrons. The van der Waals surface area contributed by atoms with E-state index in [1.165, 1.54) is 14.2 Å². The zero-order valence-corrected chi connectivity index (χ0v) is 13.3. The molecular weight excluding hydrogens is 323 g/mol. The van der Waals surface area contributed by atoms with E-state index in [4.69, 9.17) is 9.47 Å². The number of rotatable bonds is 7. The van der Waals surface area contributed by atoms with Gasteiger partial charge in [-0.25, -0.2) is 0 Å². The first kappa shape index (κ1) is 16.5. The molecule has 0 atom stereocenters. The molecule has 0 radical (unpaired) electrons. The number of benzene rings is 1. The molecule has 0 aliphatic rings. The Labute approximate surface area is 125 Å². The maximum absolute atomic E-state index is 12.2. The Kier molecular flexibility index (Phi) is 6.49. The average Bonchev–Trinajstić information content (AvgIpc) is 2.50. The van der Waals surface area contributed by atoms with Crippen LogP contribution in [0.3, 0.4) is 0 Å². The molecule has 0 aliphatic carbocycles. The number of carbonyl (C=O) groups is 2. The molecule has 0 N–H and O–H groups in total. The van der Waals surface area contributed by atoms with Crippen molar-refractivity contribution in [1.29, 1.82) is 0 Å². The van der Waals surface area contributed by atoms with Crippen LogP contribution in [0.15, 0.2) is 43.0 Å². The molecule has 1 aromatic carbocycles. The van der Waals surface area contributed by atoms with Crippen molar-refractivity contribution < 1.29 is 19.1 Å². The number of methoxy groups -OCH3 is 2. The van der Waals surface area contributed by atoms with Gasteiger partial charge in [-0.1, -0.05) is 0 Å². The van der Waals surface area contributed by atoms with Crippen molar-refractivity contribution in [1.82, 2.24) is 0 Å². The Bertz CT molecular complexity index is 454. The molecule has 20 heavy (non-hydrogen) atoms. The van der Waals surface area contributed by atoms with Gasteiger partial charge in [-0.3, -0.25) is 0 Å². The molecule has 0 heterocycles. The molecule has 0 fully saturated rings. The number of ether oxygens (including phenoxy) is 2. The van der Waals surface area contributed by atoms with Crippen LogP contribution >= 0.6 is 0 Å². The first-order valence-corrected chi connectivity index (χ1v) is 7.84. The summed E-state index contributed by atoms with van der Waals surface area (Å²) in [6.07, 6.45) is 2.56. The van der Waals surface area contributed by atoms with Gasteiger partial charge in [0.1, 0.15) is 0 Å². The Balaban J connectivity index is 3.17. The number of esters is 2. The number of hydrogen-bond donors (Lipinski definition) is 0. The second-order valence-electron chi connectivity index (χ2n) is 4.05. The molecule has 5 heteroatoms. The van der Waals surface area contributed by atoms with E-state index >= 15 is 0 Å². The van der Waals surface area contributed by atoms with Gasteiger partial charge in [-0.05, 0) is 0 Å². The molecule has 0 spiro atoms. The van der Waals surface area contributed by atoms with Crippen molar-refractivity contribution in [3.05, 3.63) is 43.0 Å². The molecule has 4 nitrogen and oxygen atoms in total. The van der Waals surface area contributed by atoms with Gasteiger partial charge in [-0.2, -0.15) is 0 Å². The van der Waals surface area contributed by atoms with Crippen molar-refractivity contribution in [2.75, 3.05) is 14.2 Å². The van der Waals surface area contributed by atoms with Gasteiger partial charge in [0, 0.05) is 0 Å². The Morgan fingerprint density at radius 3 is 2.20 bits per heavy atom. The van der Waals surface area contributed by atoms with Crippen LogP contribution in [0.25, 0.3) is 0 Å². The molecule has 0 aliphatic heterocycles. The van der Waals surface area contributed by atoms with E-state index in [-0.39, 0.29) is 0 Å². The molecule has 0 aromatic heterocycles. The van der Waals surface area contributed by atoms with Crippen molar-refractivity contribution in [2.45, 2.75) is 17.2 Å². The summed E-state index contributed by atoms with van der Waals surface area (Å²) < 4.78 is 9.39. The first-order valence-electron chi connectivity index (χ1n) is 6.12. The zero-order chi connectivity index (χ0) is 15.0. The van der Waals surface area contributed by atoms with Crippen molar-refractivity contribution in [3.8, 4) is 0 Å². The van der Waals surface area contributed by atoms with Crippen LogP contribution in [0.5, 0.6) is 0 Å². The third-order valence-corrected chi connectivity index (χ3v) is 5.69. The van der Waals surface area contributed by atoms with Gasteiger partial charge < -0.3 is 0 Å². The number of allylic oxidation sites excluding steroid dienone is 1. The second-order valence-corrected chi connectivity index (χ2v) is 6.93. The van der Waals surface area contributed by atoms with Crippen LogP contribution in [-0.4, -0.2) is 41.1 Å². The summed E-state index contributed by atoms with van der Waals surface area (Å²) in [6.45, 7) is 3.64. The van der Waals surface area contributed by atoms with E-state index in [0.29, 0.717) is 12.8 Å². The quantitative estimate of drug-likeness (QED) is 0.326. The van der Waals surface area contributed by atoms with Crippen molar-refractivity contribution in [2.24, 2.45) is 0 Å². The summed E-state index contributed by atoms with van der Waals surface area (Å²) in [5.41, 5.74) is 0. The average molecular weight is 341 g/mol. The summed E-state index contributed by atoms with van der Waals surface area (Å²) in [6, 6.07) is 9.44. The fourth-order valence-electron chi connectivity index (χ4n) is 1.75. The predicted octanol–water partition coefficient (Wildman–Crippen LogP) is 1.49. The molecular formula is C15H18O4Se. The molecule has 0 saturated carbocycles. The predicted molar refractivity (Wildman–Crippen MR) is 78.0 cm³/mol. The van der Waals surface area contributed by atoms with Gasteiger partial charge in [-0.15, -0.1) is 0 Å². The van der Waals surface area contributed by atoms with E-state index in [2.05, 4.69) is 6.58 Å². The molecule has 1 rings (SSSR count). The summed E-state index contributed by atoms with van der Waals surface area (Å²) in [4.78, 5) is 24.4. The summed E-state index contributed by atoms with van der Waals surface area (Å²) in [7, 11) is 2.57. The number of hydrogen-bond acceptors (Lipinski definition) is 4. The molecule has 0 unspecified atom stereocenters. The van der Waals surface area contributed by atoms with E-state index in [1.54, 1.807) is 6.08 Å². The van der Waals surface area contributed by atoms with E-state index in [1.807, 2.05) is 30.3 Å². The zero-order valence-electron chi connectivity index (χ0n) is 11.6. The van der Waals surface area contributed by atoms with E-state index in [9.17, 15) is 9.59 Å².